The van der Waals surface area contributed by atoms with Crippen LogP contribution in [-0.4, -0.2) is 40.2 Å². The minimum atomic E-state index is -0.806. The molecule has 3 heterocycles. The third-order valence-electron chi connectivity index (χ3n) is 6.62. The Labute approximate surface area is 222 Å². The summed E-state index contributed by atoms with van der Waals surface area (Å²) >= 11 is 0.779. The van der Waals surface area contributed by atoms with Crippen molar-refractivity contribution in [3.8, 4) is 17.2 Å². The predicted molar refractivity (Wildman–Crippen MR) is 140 cm³/mol. The van der Waals surface area contributed by atoms with E-state index in [1.165, 1.54) is 7.11 Å². The lowest BCUT2D eigenvalue weighted by atomic mass is 9.96. The van der Waals surface area contributed by atoms with Gasteiger partial charge in [0, 0.05) is 17.5 Å². The molecule has 0 spiro atoms. The maximum absolute atomic E-state index is 12.5. The van der Waals surface area contributed by atoms with Crippen LogP contribution in [0.3, 0.4) is 0 Å². The molecule has 10 heteroatoms. The Bertz CT molecular complexity index is 1460. The van der Waals surface area contributed by atoms with Crippen LogP contribution in [-0.2, 0) is 9.59 Å². The fraction of sp³-hybridized carbons (Fsp3) is 0.214. The van der Waals surface area contributed by atoms with Gasteiger partial charge in [0.05, 0.1) is 25.3 Å². The molecule has 3 aromatic carbocycles. The van der Waals surface area contributed by atoms with Crippen LogP contribution in [0, 0.1) is 0 Å². The largest absolute Gasteiger partial charge is 0.493 e. The van der Waals surface area contributed by atoms with Crippen LogP contribution >= 0.6 is 11.8 Å². The molecule has 0 saturated carbocycles. The fourth-order valence-corrected chi connectivity index (χ4v) is 5.63. The number of hydrazone groups is 1. The van der Waals surface area contributed by atoms with Crippen LogP contribution in [0.15, 0.2) is 77.9 Å². The molecule has 3 aromatic rings. The van der Waals surface area contributed by atoms with Crippen LogP contribution in [0.1, 0.15) is 41.8 Å². The standard InChI is InChI=1S/C28H23N3O6S/c1-35-23-13-17(11-12-22(23)36-25(32)15-24-26(33)29-28(34)38-24)27-31-20(18-9-5-6-10-21(18)37-27)14-19(30-31)16-7-3-2-4-8-16/h2-13,20,24,27H,14-15H2,1H3,(H,29,33,34)/t20-,24-,27+/m1/s1. The van der Waals surface area contributed by atoms with Crippen molar-refractivity contribution in [3.63, 3.8) is 0 Å². The molecule has 0 bridgehead atoms. The Morgan fingerprint density at radius 2 is 1.87 bits per heavy atom. The number of fused-ring (bicyclic) bond motifs is 3. The van der Waals surface area contributed by atoms with E-state index in [0.717, 1.165) is 46.3 Å². The van der Waals surface area contributed by atoms with Crippen molar-refractivity contribution in [2.24, 2.45) is 5.10 Å². The molecule has 0 radical (unpaired) electrons. The molecule has 192 valence electrons. The monoisotopic (exact) mass is 529 g/mol. The van der Waals surface area contributed by atoms with Gasteiger partial charge in [0.1, 0.15) is 11.0 Å². The SMILES string of the molecule is COc1cc([C@@H]2Oc3ccccc3[C@H]3CC(c4ccccc4)=NN32)ccc1OC(=O)C[C@H]1SC(=O)NC1=O. The fourth-order valence-electron chi connectivity index (χ4n) is 4.82. The number of nitrogens with one attached hydrogen (secondary N) is 1. The number of amides is 2. The molecule has 3 aliphatic heterocycles. The lowest BCUT2D eigenvalue weighted by Gasteiger charge is -2.38. The second kappa shape index (κ2) is 9.86. The molecular formula is C28H23N3O6S. The zero-order chi connectivity index (χ0) is 26.2. The van der Waals surface area contributed by atoms with Crippen LogP contribution in [0.4, 0.5) is 4.79 Å². The first kappa shape index (κ1) is 24.1. The first-order valence-corrected chi connectivity index (χ1v) is 12.9. The highest BCUT2D eigenvalue weighted by molar-refractivity contribution is 8.15. The van der Waals surface area contributed by atoms with Crippen molar-refractivity contribution in [1.29, 1.82) is 0 Å². The predicted octanol–water partition coefficient (Wildman–Crippen LogP) is 4.58. The highest BCUT2D eigenvalue weighted by Crippen LogP contribution is 2.48. The molecule has 0 aromatic heterocycles. The number of hydrogen-bond donors (Lipinski definition) is 1. The van der Waals surface area contributed by atoms with E-state index in [1.54, 1.807) is 18.2 Å². The van der Waals surface area contributed by atoms with Gasteiger partial charge in [0.15, 0.2) is 11.5 Å². The van der Waals surface area contributed by atoms with Gasteiger partial charge in [-0.3, -0.25) is 19.7 Å². The van der Waals surface area contributed by atoms with Gasteiger partial charge in [-0.2, -0.15) is 5.10 Å². The number of thioether (sulfide) groups is 1. The van der Waals surface area contributed by atoms with Gasteiger partial charge in [-0.25, -0.2) is 5.01 Å². The lowest BCUT2D eigenvalue weighted by molar-refractivity contribution is -0.136. The molecule has 9 nitrogen and oxygen atoms in total. The van der Waals surface area contributed by atoms with Gasteiger partial charge in [-0.1, -0.05) is 60.3 Å². The molecule has 38 heavy (non-hydrogen) atoms. The Hall–Kier alpha value is -4.31. The quantitative estimate of drug-likeness (QED) is 0.365. The van der Waals surface area contributed by atoms with Crippen LogP contribution in [0.25, 0.3) is 0 Å². The smallest absolute Gasteiger partial charge is 0.312 e. The number of esters is 1. The summed E-state index contributed by atoms with van der Waals surface area (Å²) in [6.45, 7) is 0. The first-order valence-electron chi connectivity index (χ1n) is 12.1. The second-order valence-electron chi connectivity index (χ2n) is 8.99. The van der Waals surface area contributed by atoms with E-state index in [1.807, 2.05) is 41.4 Å². The van der Waals surface area contributed by atoms with Crippen molar-refractivity contribution >= 4 is 34.6 Å². The normalized spacial score (nSPS) is 21.7. The van der Waals surface area contributed by atoms with Gasteiger partial charge < -0.3 is 14.2 Å². The van der Waals surface area contributed by atoms with Crippen molar-refractivity contribution in [2.45, 2.75) is 30.4 Å². The number of ether oxygens (including phenoxy) is 3. The molecule has 1 fully saturated rings. The van der Waals surface area contributed by atoms with Crippen LogP contribution < -0.4 is 19.5 Å². The minimum absolute atomic E-state index is 0.00132. The molecule has 0 unspecified atom stereocenters. The molecule has 2 amide bonds. The summed E-state index contributed by atoms with van der Waals surface area (Å²) in [5.74, 6) is 0.196. The van der Waals surface area contributed by atoms with Crippen molar-refractivity contribution in [1.82, 2.24) is 10.3 Å². The van der Waals surface area contributed by atoms with Gasteiger partial charge in [0.2, 0.25) is 12.1 Å². The van der Waals surface area contributed by atoms with Crippen molar-refractivity contribution in [2.75, 3.05) is 7.11 Å². The van der Waals surface area contributed by atoms with Gasteiger partial charge in [-0.05, 0) is 29.8 Å². The highest BCUT2D eigenvalue weighted by atomic mass is 32.2. The Kier molecular flexibility index (Phi) is 6.24. The lowest BCUT2D eigenvalue weighted by Crippen LogP contribution is -2.33. The number of nitrogens with zero attached hydrogens (tertiary/aromatic N) is 2. The summed E-state index contributed by atoms with van der Waals surface area (Å²) in [6, 6.07) is 23.2. The van der Waals surface area contributed by atoms with E-state index in [9.17, 15) is 14.4 Å². The van der Waals surface area contributed by atoms with E-state index in [0.29, 0.717) is 5.75 Å². The van der Waals surface area contributed by atoms with E-state index < -0.39 is 28.6 Å². The van der Waals surface area contributed by atoms with E-state index in [4.69, 9.17) is 19.3 Å². The van der Waals surface area contributed by atoms with Gasteiger partial charge in [-0.15, -0.1) is 0 Å². The number of para-hydroxylation sites is 1. The maximum Gasteiger partial charge on any atom is 0.312 e. The number of hydrogen-bond acceptors (Lipinski definition) is 9. The van der Waals surface area contributed by atoms with Crippen molar-refractivity contribution in [3.05, 3.63) is 89.5 Å². The third kappa shape index (κ3) is 4.47. The number of methoxy groups -OCH3 is 1. The topological polar surface area (TPSA) is 107 Å². The molecule has 1 N–H and O–H groups in total. The highest BCUT2D eigenvalue weighted by Gasteiger charge is 2.41. The number of carbonyl (C=O) groups excluding carboxylic acids is 3. The van der Waals surface area contributed by atoms with E-state index in [2.05, 4.69) is 23.5 Å². The summed E-state index contributed by atoms with van der Waals surface area (Å²) in [4.78, 5) is 35.7. The number of benzene rings is 3. The minimum Gasteiger partial charge on any atom is -0.493 e. The summed E-state index contributed by atoms with van der Waals surface area (Å²) in [6.07, 6.45) is -0.0233. The summed E-state index contributed by atoms with van der Waals surface area (Å²) in [5, 5.41) is 7.82. The van der Waals surface area contributed by atoms with Crippen LogP contribution in [0.2, 0.25) is 0 Å². The van der Waals surface area contributed by atoms with E-state index in [-0.39, 0.29) is 18.2 Å². The second-order valence-corrected chi connectivity index (χ2v) is 10.2. The van der Waals surface area contributed by atoms with Crippen molar-refractivity contribution < 1.29 is 28.6 Å². The van der Waals surface area contributed by atoms with Gasteiger partial charge >= 0.3 is 5.97 Å². The molecular weight excluding hydrogens is 506 g/mol. The number of rotatable bonds is 6. The Morgan fingerprint density at radius 3 is 2.63 bits per heavy atom. The number of imide groups is 1. The average Bonchev–Trinajstić information content (AvgIpc) is 3.52. The van der Waals surface area contributed by atoms with Gasteiger partial charge in [0.25, 0.3) is 5.24 Å². The maximum atomic E-state index is 12.5. The number of carbonyl (C=O) groups is 3. The third-order valence-corrected chi connectivity index (χ3v) is 7.60. The summed E-state index contributed by atoms with van der Waals surface area (Å²) in [5.41, 5.74) is 3.89. The van der Waals surface area contributed by atoms with Crippen LogP contribution in [0.5, 0.6) is 17.2 Å². The Balaban J connectivity index is 1.28. The molecule has 3 aliphatic rings. The Morgan fingerprint density at radius 1 is 1.08 bits per heavy atom. The first-order chi connectivity index (χ1) is 18.5. The average molecular weight is 530 g/mol. The van der Waals surface area contributed by atoms with E-state index >= 15 is 0 Å². The summed E-state index contributed by atoms with van der Waals surface area (Å²) < 4.78 is 17.4. The molecule has 0 aliphatic carbocycles. The zero-order valence-electron chi connectivity index (χ0n) is 20.3. The molecule has 6 rings (SSSR count). The molecule has 1 saturated heterocycles. The zero-order valence-corrected chi connectivity index (χ0v) is 21.1. The molecule has 3 atom stereocenters. The summed E-state index contributed by atoms with van der Waals surface area (Å²) in [7, 11) is 1.48.